The molecule has 4 nitrogen and oxygen atoms in total. The van der Waals surface area contributed by atoms with Crippen LogP contribution in [-0.4, -0.2) is 36.0 Å². The second kappa shape index (κ2) is 6.89. The van der Waals surface area contributed by atoms with Crippen molar-refractivity contribution in [3.05, 3.63) is 34.6 Å². The van der Waals surface area contributed by atoms with E-state index in [2.05, 4.69) is 0 Å². The Morgan fingerprint density at radius 3 is 2.86 bits per heavy atom. The smallest absolute Gasteiger partial charge is 0.328 e. The average molecular weight is 314 g/mol. The second-order valence-electron chi connectivity index (χ2n) is 4.89. The molecule has 114 valence electrons. The maximum atomic E-state index is 13.9. The Morgan fingerprint density at radius 1 is 1.43 bits per heavy atom. The summed E-state index contributed by atoms with van der Waals surface area (Å²) < 4.78 is 18.9. The van der Waals surface area contributed by atoms with E-state index in [-0.39, 0.29) is 17.2 Å². The number of benzene rings is 1. The minimum Gasteiger partial charge on any atom is -0.464 e. The van der Waals surface area contributed by atoms with E-state index in [0.29, 0.717) is 13.0 Å². The molecule has 1 unspecified atom stereocenters. The number of hydrogen-bond acceptors (Lipinski definition) is 3. The van der Waals surface area contributed by atoms with Gasteiger partial charge in [0.2, 0.25) is 0 Å². The van der Waals surface area contributed by atoms with Crippen molar-refractivity contribution in [2.24, 2.45) is 0 Å². The van der Waals surface area contributed by atoms with Gasteiger partial charge in [-0.3, -0.25) is 4.79 Å². The van der Waals surface area contributed by atoms with E-state index < -0.39 is 23.7 Å². The van der Waals surface area contributed by atoms with Gasteiger partial charge in [-0.1, -0.05) is 11.6 Å². The SMILES string of the molecule is CCOC(=O)C1CCCCN1C(=O)c1ccc(Cl)cc1F. The van der Waals surface area contributed by atoms with Crippen molar-refractivity contribution in [1.82, 2.24) is 4.90 Å². The lowest BCUT2D eigenvalue weighted by atomic mass is 10.0. The molecule has 1 amide bonds. The molecule has 1 aromatic rings. The molecule has 1 fully saturated rings. The lowest BCUT2D eigenvalue weighted by Gasteiger charge is -2.34. The van der Waals surface area contributed by atoms with Crippen LogP contribution >= 0.6 is 11.6 Å². The van der Waals surface area contributed by atoms with Gasteiger partial charge in [0.25, 0.3) is 5.91 Å². The molecule has 0 saturated carbocycles. The third-order valence-corrected chi connectivity index (χ3v) is 3.72. The fourth-order valence-corrected chi connectivity index (χ4v) is 2.63. The summed E-state index contributed by atoms with van der Waals surface area (Å²) in [6.07, 6.45) is 2.17. The van der Waals surface area contributed by atoms with Gasteiger partial charge in [-0.2, -0.15) is 0 Å². The maximum absolute atomic E-state index is 13.9. The topological polar surface area (TPSA) is 46.6 Å². The molecule has 2 rings (SSSR count). The molecule has 0 aromatic heterocycles. The predicted molar refractivity (Wildman–Crippen MR) is 76.7 cm³/mol. The lowest BCUT2D eigenvalue weighted by molar-refractivity contribution is -0.149. The molecule has 1 aliphatic rings. The Hall–Kier alpha value is -1.62. The molecule has 1 atom stereocenters. The van der Waals surface area contributed by atoms with E-state index in [0.717, 1.165) is 18.9 Å². The summed E-state index contributed by atoms with van der Waals surface area (Å²) in [5.41, 5.74) is -0.0735. The number of piperidine rings is 1. The lowest BCUT2D eigenvalue weighted by Crippen LogP contribution is -2.48. The van der Waals surface area contributed by atoms with Gasteiger partial charge in [0.05, 0.1) is 12.2 Å². The van der Waals surface area contributed by atoms with Crippen molar-refractivity contribution in [3.63, 3.8) is 0 Å². The van der Waals surface area contributed by atoms with Gasteiger partial charge < -0.3 is 9.64 Å². The first-order valence-electron chi connectivity index (χ1n) is 6.97. The van der Waals surface area contributed by atoms with E-state index in [1.807, 2.05) is 0 Å². The van der Waals surface area contributed by atoms with Gasteiger partial charge in [-0.15, -0.1) is 0 Å². The highest BCUT2D eigenvalue weighted by Crippen LogP contribution is 2.23. The van der Waals surface area contributed by atoms with Crippen LogP contribution in [0.5, 0.6) is 0 Å². The zero-order chi connectivity index (χ0) is 15.4. The first-order valence-corrected chi connectivity index (χ1v) is 7.35. The molecule has 1 aliphatic heterocycles. The summed E-state index contributed by atoms with van der Waals surface area (Å²) in [6.45, 7) is 2.39. The van der Waals surface area contributed by atoms with Gasteiger partial charge in [-0.25, -0.2) is 9.18 Å². The Bertz CT molecular complexity index is 550. The molecule has 0 bridgehead atoms. The third kappa shape index (κ3) is 3.53. The van der Waals surface area contributed by atoms with Crippen LogP contribution in [0.3, 0.4) is 0 Å². The number of carbonyl (C=O) groups is 2. The van der Waals surface area contributed by atoms with Crippen LogP contribution in [0.4, 0.5) is 4.39 Å². The van der Waals surface area contributed by atoms with Gasteiger partial charge in [0, 0.05) is 11.6 Å². The summed E-state index contributed by atoms with van der Waals surface area (Å²) in [4.78, 5) is 25.8. The second-order valence-corrected chi connectivity index (χ2v) is 5.32. The van der Waals surface area contributed by atoms with Gasteiger partial charge in [0.1, 0.15) is 11.9 Å². The monoisotopic (exact) mass is 313 g/mol. The van der Waals surface area contributed by atoms with E-state index in [1.165, 1.54) is 17.0 Å². The minimum atomic E-state index is -0.680. The van der Waals surface area contributed by atoms with Crippen LogP contribution in [-0.2, 0) is 9.53 Å². The average Bonchev–Trinajstić information content (AvgIpc) is 2.47. The van der Waals surface area contributed by atoms with Crippen molar-refractivity contribution < 1.29 is 18.7 Å². The number of halogens is 2. The van der Waals surface area contributed by atoms with E-state index in [1.54, 1.807) is 6.92 Å². The van der Waals surface area contributed by atoms with Crippen LogP contribution in [0.2, 0.25) is 5.02 Å². The van der Waals surface area contributed by atoms with Crippen molar-refractivity contribution in [2.75, 3.05) is 13.2 Å². The van der Waals surface area contributed by atoms with Crippen LogP contribution < -0.4 is 0 Å². The molecule has 1 aromatic carbocycles. The van der Waals surface area contributed by atoms with Crippen molar-refractivity contribution >= 4 is 23.5 Å². The van der Waals surface area contributed by atoms with E-state index >= 15 is 0 Å². The third-order valence-electron chi connectivity index (χ3n) is 3.48. The summed E-state index contributed by atoms with van der Waals surface area (Å²) in [5.74, 6) is -1.61. The van der Waals surface area contributed by atoms with Gasteiger partial charge in [0.15, 0.2) is 0 Å². The Labute approximate surface area is 127 Å². The molecule has 0 radical (unpaired) electrons. The molecule has 1 saturated heterocycles. The number of esters is 1. The van der Waals surface area contributed by atoms with Crippen LogP contribution in [0.1, 0.15) is 36.5 Å². The highest BCUT2D eigenvalue weighted by atomic mass is 35.5. The standard InChI is InChI=1S/C15H17ClFNO3/c1-2-21-15(20)13-5-3-4-8-18(13)14(19)11-7-6-10(16)9-12(11)17/h6-7,9,13H,2-5,8H2,1H3. The Balaban J connectivity index is 2.24. The highest BCUT2D eigenvalue weighted by molar-refractivity contribution is 6.30. The van der Waals surface area contributed by atoms with Crippen LogP contribution in [0, 0.1) is 5.82 Å². The zero-order valence-corrected chi connectivity index (χ0v) is 12.5. The summed E-state index contributed by atoms with van der Waals surface area (Å²) in [6, 6.07) is 3.26. The largest absolute Gasteiger partial charge is 0.464 e. The first-order chi connectivity index (χ1) is 10.0. The maximum Gasteiger partial charge on any atom is 0.328 e. The number of hydrogen-bond donors (Lipinski definition) is 0. The number of carbonyl (C=O) groups excluding carboxylic acids is 2. The van der Waals surface area contributed by atoms with Crippen LogP contribution in [0.25, 0.3) is 0 Å². The normalized spacial score (nSPS) is 18.4. The molecule has 0 aliphatic carbocycles. The number of ether oxygens (including phenoxy) is 1. The van der Waals surface area contributed by atoms with Gasteiger partial charge >= 0.3 is 5.97 Å². The number of amides is 1. The zero-order valence-electron chi connectivity index (χ0n) is 11.8. The molecular formula is C15H17ClFNO3. The molecule has 6 heteroatoms. The summed E-state index contributed by atoms with van der Waals surface area (Å²) >= 11 is 5.69. The minimum absolute atomic E-state index is 0.0735. The van der Waals surface area contributed by atoms with Crippen molar-refractivity contribution in [2.45, 2.75) is 32.2 Å². The molecule has 1 heterocycles. The fraction of sp³-hybridized carbons (Fsp3) is 0.467. The number of likely N-dealkylation sites (tertiary alicyclic amines) is 1. The van der Waals surface area contributed by atoms with E-state index in [9.17, 15) is 14.0 Å². The van der Waals surface area contributed by atoms with Crippen molar-refractivity contribution in [1.29, 1.82) is 0 Å². The first kappa shape index (κ1) is 15.8. The summed E-state index contributed by atoms with van der Waals surface area (Å²) in [5, 5.41) is 0.227. The van der Waals surface area contributed by atoms with Gasteiger partial charge in [-0.05, 0) is 44.4 Å². The number of rotatable bonds is 3. The molecule has 21 heavy (non-hydrogen) atoms. The summed E-state index contributed by atoms with van der Waals surface area (Å²) in [7, 11) is 0. The fourth-order valence-electron chi connectivity index (χ4n) is 2.48. The Morgan fingerprint density at radius 2 is 2.19 bits per heavy atom. The quantitative estimate of drug-likeness (QED) is 0.806. The highest BCUT2D eigenvalue weighted by Gasteiger charge is 2.34. The Kier molecular flexibility index (Phi) is 5.17. The number of nitrogens with zero attached hydrogens (tertiary/aromatic N) is 1. The predicted octanol–water partition coefficient (Wildman–Crippen LogP) is 3.04. The molecular weight excluding hydrogens is 297 g/mol. The van der Waals surface area contributed by atoms with E-state index in [4.69, 9.17) is 16.3 Å². The molecule has 0 spiro atoms. The van der Waals surface area contributed by atoms with Crippen LogP contribution in [0.15, 0.2) is 18.2 Å². The van der Waals surface area contributed by atoms with Crippen molar-refractivity contribution in [3.8, 4) is 0 Å². The molecule has 0 N–H and O–H groups in total.